The minimum Gasteiger partial charge on any atom is -0.388 e. The summed E-state index contributed by atoms with van der Waals surface area (Å²) in [5.74, 6) is 0. The number of rotatable bonds is 8. The van der Waals surface area contributed by atoms with E-state index in [0.717, 1.165) is 0 Å². The van der Waals surface area contributed by atoms with Gasteiger partial charge in [0.1, 0.15) is 48.3 Å². The number of likely N-dealkylation sites (N-methyl/N-ethyl adjacent to an activating group) is 2. The molecule has 0 aromatic carbocycles. The van der Waals surface area contributed by atoms with Crippen molar-refractivity contribution in [2.75, 3.05) is 27.2 Å². The smallest absolute Gasteiger partial charge is 0.187 e. The van der Waals surface area contributed by atoms with E-state index in [2.05, 4.69) is 10.6 Å². The van der Waals surface area contributed by atoms with Crippen LogP contribution < -0.4 is 22.1 Å². The van der Waals surface area contributed by atoms with E-state index in [0.29, 0.717) is 6.42 Å². The van der Waals surface area contributed by atoms with Crippen LogP contribution in [0.15, 0.2) is 0 Å². The molecule has 1 saturated carbocycles. The Labute approximate surface area is 204 Å². The predicted molar refractivity (Wildman–Crippen MR) is 121 cm³/mol. The van der Waals surface area contributed by atoms with E-state index in [1.165, 1.54) is 6.92 Å². The average molecular weight is 511 g/mol. The Hall–Kier alpha value is -0.560. The summed E-state index contributed by atoms with van der Waals surface area (Å²) in [6, 6.07) is -1.90. The zero-order chi connectivity index (χ0) is 26.1. The molecule has 2 heterocycles. The molecule has 2 saturated heterocycles. The molecule has 0 aromatic heterocycles. The lowest BCUT2D eigenvalue weighted by molar-refractivity contribution is -0.331. The van der Waals surface area contributed by atoms with Gasteiger partial charge in [0.05, 0.1) is 18.8 Å². The van der Waals surface area contributed by atoms with E-state index in [-0.39, 0.29) is 19.6 Å². The van der Waals surface area contributed by atoms with Crippen LogP contribution in [0.25, 0.3) is 0 Å². The topological polar surface area (TPSA) is 234 Å². The molecule has 3 aliphatic rings. The molecule has 0 aromatic rings. The Bertz CT molecular complexity index is 678. The molecule has 206 valence electrons. The van der Waals surface area contributed by atoms with Crippen molar-refractivity contribution in [2.24, 2.45) is 11.5 Å². The summed E-state index contributed by atoms with van der Waals surface area (Å²) in [7, 11) is 3.27. The van der Waals surface area contributed by atoms with E-state index in [9.17, 15) is 30.6 Å². The number of nitrogens with one attached hydrogen (secondary N) is 2. The second-order valence-corrected chi connectivity index (χ2v) is 9.87. The Morgan fingerprint density at radius 3 is 2.17 bits per heavy atom. The summed E-state index contributed by atoms with van der Waals surface area (Å²) in [6.07, 6.45) is -12.1. The fourth-order valence-corrected chi connectivity index (χ4v) is 5.19. The normalized spacial score (nSPS) is 51.3. The lowest BCUT2D eigenvalue weighted by Gasteiger charge is -2.49. The van der Waals surface area contributed by atoms with Crippen LogP contribution in [-0.2, 0) is 18.9 Å². The molecule has 0 spiro atoms. The van der Waals surface area contributed by atoms with Crippen LogP contribution in [0, 0.1) is 0 Å². The highest BCUT2D eigenvalue weighted by molar-refractivity contribution is 5.02. The van der Waals surface area contributed by atoms with Crippen LogP contribution in [-0.4, -0.2) is 143 Å². The first kappa shape index (κ1) is 29.0. The number of aliphatic hydroxyl groups is 6. The molecule has 0 radical (unpaired) electrons. The van der Waals surface area contributed by atoms with E-state index < -0.39 is 85.1 Å². The molecule has 0 bridgehead atoms. The Balaban J connectivity index is 1.75. The second-order valence-electron chi connectivity index (χ2n) is 9.87. The number of hydrogen-bond acceptors (Lipinski definition) is 14. The van der Waals surface area contributed by atoms with Gasteiger partial charge in [0.2, 0.25) is 0 Å². The Morgan fingerprint density at radius 2 is 1.57 bits per heavy atom. The highest BCUT2D eigenvalue weighted by atomic mass is 16.7. The van der Waals surface area contributed by atoms with E-state index in [1.807, 2.05) is 0 Å². The number of hydrogen-bond donors (Lipinski definition) is 10. The summed E-state index contributed by atoms with van der Waals surface area (Å²) in [4.78, 5) is 0. The maximum absolute atomic E-state index is 11.2. The van der Waals surface area contributed by atoms with Crippen molar-refractivity contribution < 1.29 is 49.6 Å². The van der Waals surface area contributed by atoms with Crippen molar-refractivity contribution in [3.8, 4) is 0 Å². The van der Waals surface area contributed by atoms with Gasteiger partial charge in [-0.05, 0) is 40.4 Å². The minimum absolute atomic E-state index is 0.114. The minimum atomic E-state index is -1.60. The predicted octanol–water partition coefficient (Wildman–Crippen LogP) is -5.35. The van der Waals surface area contributed by atoms with Gasteiger partial charge in [-0.15, -0.1) is 0 Å². The molecule has 12 N–H and O–H groups in total. The van der Waals surface area contributed by atoms with Crippen molar-refractivity contribution in [3.05, 3.63) is 0 Å². The van der Waals surface area contributed by atoms with Crippen LogP contribution in [0.3, 0.4) is 0 Å². The zero-order valence-corrected chi connectivity index (χ0v) is 20.3. The highest BCUT2D eigenvalue weighted by Gasteiger charge is 2.52. The summed E-state index contributed by atoms with van der Waals surface area (Å²) >= 11 is 0. The Kier molecular flexibility index (Phi) is 9.84. The molecule has 1 aliphatic carbocycles. The molecule has 14 heteroatoms. The third-order valence-corrected chi connectivity index (χ3v) is 7.23. The number of nitrogens with two attached hydrogens (primary N) is 2. The maximum Gasteiger partial charge on any atom is 0.187 e. The SMILES string of the molecule is CN[C@@H]1[C@@H](O)[C@@H](O[C@H]2[C@H](NC)C[C@H](N)C(O[C@H]3O[C@H](CCN)[C@@H](O)[C@H](O)[C@H]3O)[C@@H]2O)OC[C@]1(C)O. The average Bonchev–Trinajstić information content (AvgIpc) is 2.81. The van der Waals surface area contributed by atoms with Gasteiger partial charge in [0.25, 0.3) is 0 Å². The van der Waals surface area contributed by atoms with E-state index in [4.69, 9.17) is 30.4 Å². The first-order valence-electron chi connectivity index (χ1n) is 12.0. The van der Waals surface area contributed by atoms with Crippen molar-refractivity contribution in [2.45, 2.75) is 105 Å². The van der Waals surface area contributed by atoms with Gasteiger partial charge < -0.3 is 71.7 Å². The molecular formula is C21H42N4O10. The number of ether oxygens (including phenoxy) is 4. The molecule has 3 fully saturated rings. The molecule has 14 atom stereocenters. The largest absolute Gasteiger partial charge is 0.388 e. The summed E-state index contributed by atoms with van der Waals surface area (Å²) in [6.45, 7) is 1.59. The van der Waals surface area contributed by atoms with Gasteiger partial charge in [0, 0.05) is 12.1 Å². The second kappa shape index (κ2) is 11.9. The summed E-state index contributed by atoms with van der Waals surface area (Å²) < 4.78 is 23.1. The van der Waals surface area contributed by atoms with Crippen LogP contribution in [0.5, 0.6) is 0 Å². The van der Waals surface area contributed by atoms with Crippen LogP contribution in [0.1, 0.15) is 19.8 Å². The summed E-state index contributed by atoms with van der Waals surface area (Å²) in [5, 5.41) is 69.1. The molecule has 3 rings (SSSR count). The van der Waals surface area contributed by atoms with E-state index in [1.54, 1.807) is 14.1 Å². The van der Waals surface area contributed by atoms with Gasteiger partial charge >= 0.3 is 0 Å². The third kappa shape index (κ3) is 5.97. The molecular weight excluding hydrogens is 468 g/mol. The van der Waals surface area contributed by atoms with Gasteiger partial charge in [-0.2, -0.15) is 0 Å². The van der Waals surface area contributed by atoms with Gasteiger partial charge in [-0.1, -0.05) is 0 Å². The maximum atomic E-state index is 11.2. The summed E-state index contributed by atoms with van der Waals surface area (Å²) in [5.41, 5.74) is 10.5. The third-order valence-electron chi connectivity index (χ3n) is 7.23. The first-order chi connectivity index (χ1) is 16.5. The quantitative estimate of drug-likeness (QED) is 0.147. The molecule has 2 aliphatic heterocycles. The van der Waals surface area contributed by atoms with Crippen molar-refractivity contribution in [3.63, 3.8) is 0 Å². The fourth-order valence-electron chi connectivity index (χ4n) is 5.19. The van der Waals surface area contributed by atoms with Crippen molar-refractivity contribution >= 4 is 0 Å². The Morgan fingerprint density at radius 1 is 0.914 bits per heavy atom. The standard InChI is InChI=1S/C21H42N4O10/c1-21(31)7-32-19(15(30)18(21)25-3)35-17-9(24-2)6-8(23)16(14(17)29)34-20-13(28)12(27)11(26)10(33-20)4-5-22/h8-20,24-31H,4-7,22-23H2,1-3H3/t8-,9+,10+,11+,12-,13+,14-,15+,16?,17-,18+,19+,20+,21-/m0/s1. The zero-order valence-electron chi connectivity index (χ0n) is 20.3. The van der Waals surface area contributed by atoms with Crippen LogP contribution in [0.2, 0.25) is 0 Å². The van der Waals surface area contributed by atoms with Gasteiger partial charge in [-0.3, -0.25) is 0 Å². The molecule has 1 unspecified atom stereocenters. The van der Waals surface area contributed by atoms with Crippen molar-refractivity contribution in [1.82, 2.24) is 10.6 Å². The fraction of sp³-hybridized carbons (Fsp3) is 1.00. The lowest BCUT2D eigenvalue weighted by atomic mass is 9.83. The van der Waals surface area contributed by atoms with E-state index >= 15 is 0 Å². The highest BCUT2D eigenvalue weighted by Crippen LogP contribution is 2.32. The monoisotopic (exact) mass is 510 g/mol. The molecule has 14 nitrogen and oxygen atoms in total. The van der Waals surface area contributed by atoms with Crippen LogP contribution >= 0.6 is 0 Å². The lowest BCUT2D eigenvalue weighted by Crippen LogP contribution is -2.69. The first-order valence-corrected chi connectivity index (χ1v) is 12.0. The number of aliphatic hydroxyl groups excluding tert-OH is 5. The van der Waals surface area contributed by atoms with Gasteiger partial charge in [0.15, 0.2) is 12.6 Å². The van der Waals surface area contributed by atoms with Crippen LogP contribution in [0.4, 0.5) is 0 Å². The van der Waals surface area contributed by atoms with Crippen molar-refractivity contribution in [1.29, 1.82) is 0 Å². The molecule has 0 amide bonds. The van der Waals surface area contributed by atoms with Gasteiger partial charge in [-0.25, -0.2) is 0 Å². The molecule has 35 heavy (non-hydrogen) atoms.